The molecule has 2 aromatic rings. The number of pyridine rings is 1. The molecular weight excluding hydrogens is 308 g/mol. The first-order valence-corrected chi connectivity index (χ1v) is 6.58. The molecule has 0 fully saturated rings. The van der Waals surface area contributed by atoms with Gasteiger partial charge in [-0.15, -0.1) is 0 Å². The first kappa shape index (κ1) is 12.2. The minimum absolute atomic E-state index is 0.00877. The minimum atomic E-state index is 0.00877. The van der Waals surface area contributed by atoms with Crippen molar-refractivity contribution in [2.24, 2.45) is 0 Å². The van der Waals surface area contributed by atoms with Gasteiger partial charge in [-0.25, -0.2) is 4.98 Å². The fourth-order valence-electron chi connectivity index (χ4n) is 2.15. The highest BCUT2D eigenvalue weighted by Crippen LogP contribution is 2.30. The van der Waals surface area contributed by atoms with Gasteiger partial charge in [-0.3, -0.25) is 4.79 Å². The van der Waals surface area contributed by atoms with Crippen LogP contribution in [-0.2, 0) is 6.54 Å². The quantitative estimate of drug-likeness (QED) is 0.854. The Bertz CT molecular complexity index is 640. The van der Waals surface area contributed by atoms with E-state index in [1.807, 2.05) is 24.3 Å². The van der Waals surface area contributed by atoms with Crippen LogP contribution < -0.4 is 9.64 Å². The number of ether oxygens (including phenoxy) is 1. The van der Waals surface area contributed by atoms with Crippen LogP contribution in [0.4, 0.5) is 5.69 Å². The molecule has 1 aromatic heterocycles. The number of hydrogen-bond donors (Lipinski definition) is 0. The zero-order valence-electron chi connectivity index (χ0n) is 10.3. The first-order valence-electron chi connectivity index (χ1n) is 5.79. The molecule has 1 amide bonds. The lowest BCUT2D eigenvalue weighted by molar-refractivity contribution is 0.0996. The van der Waals surface area contributed by atoms with Gasteiger partial charge in [0.05, 0.1) is 25.5 Å². The molecule has 2 heterocycles. The Morgan fingerprint density at radius 2 is 2.16 bits per heavy atom. The van der Waals surface area contributed by atoms with Crippen LogP contribution in [0.15, 0.2) is 41.0 Å². The molecule has 1 aliphatic rings. The molecule has 5 heteroatoms. The highest BCUT2D eigenvalue weighted by molar-refractivity contribution is 9.10. The van der Waals surface area contributed by atoms with E-state index in [9.17, 15) is 4.79 Å². The van der Waals surface area contributed by atoms with Crippen LogP contribution in [-0.4, -0.2) is 18.0 Å². The molecule has 0 aliphatic carbocycles. The highest BCUT2D eigenvalue weighted by Gasteiger charge is 2.28. The van der Waals surface area contributed by atoms with Gasteiger partial charge < -0.3 is 9.64 Å². The lowest BCUT2D eigenvalue weighted by Gasteiger charge is -2.15. The Morgan fingerprint density at radius 1 is 1.32 bits per heavy atom. The zero-order chi connectivity index (χ0) is 13.4. The average molecular weight is 319 g/mol. The lowest BCUT2D eigenvalue weighted by atomic mass is 10.1. The molecule has 3 rings (SSSR count). The van der Waals surface area contributed by atoms with Gasteiger partial charge in [0, 0.05) is 16.1 Å². The van der Waals surface area contributed by atoms with E-state index in [0.29, 0.717) is 12.4 Å². The van der Waals surface area contributed by atoms with Crippen LogP contribution in [0, 0.1) is 0 Å². The number of carbonyl (C=O) groups excluding carboxylic acids is 1. The average Bonchev–Trinajstić information content (AvgIpc) is 2.75. The third kappa shape index (κ3) is 2.10. The van der Waals surface area contributed by atoms with Gasteiger partial charge in [0.1, 0.15) is 0 Å². The maximum Gasteiger partial charge on any atom is 0.258 e. The second kappa shape index (κ2) is 4.66. The number of nitrogens with zero attached hydrogens (tertiary/aromatic N) is 2. The molecular formula is C14H11BrN2O2. The van der Waals surface area contributed by atoms with Crippen molar-refractivity contribution in [3.63, 3.8) is 0 Å². The molecule has 0 bridgehead atoms. The molecule has 0 saturated heterocycles. The normalized spacial score (nSPS) is 13.6. The van der Waals surface area contributed by atoms with Crippen molar-refractivity contribution in [1.29, 1.82) is 0 Å². The summed E-state index contributed by atoms with van der Waals surface area (Å²) in [5.41, 5.74) is 2.55. The maximum absolute atomic E-state index is 12.3. The van der Waals surface area contributed by atoms with E-state index in [0.717, 1.165) is 21.3 Å². The van der Waals surface area contributed by atoms with Crippen molar-refractivity contribution in [3.05, 3.63) is 52.1 Å². The molecule has 0 saturated carbocycles. The van der Waals surface area contributed by atoms with Crippen molar-refractivity contribution < 1.29 is 9.53 Å². The minimum Gasteiger partial charge on any atom is -0.481 e. The summed E-state index contributed by atoms with van der Waals surface area (Å²) in [6.45, 7) is 0.571. The Kier molecular flexibility index (Phi) is 2.98. The third-order valence-corrected chi connectivity index (χ3v) is 3.61. The number of halogens is 1. The number of rotatable bonds is 2. The standard InChI is InChI=1S/C14H11BrN2O2/c1-19-13-5-3-11(7-16-13)17-8-9-6-10(15)2-4-12(9)14(17)18/h2-7H,8H2,1H3. The Labute approximate surface area is 119 Å². The van der Waals surface area contributed by atoms with E-state index in [-0.39, 0.29) is 5.91 Å². The first-order chi connectivity index (χ1) is 9.19. The van der Waals surface area contributed by atoms with Crippen LogP contribution in [0.1, 0.15) is 15.9 Å². The summed E-state index contributed by atoms with van der Waals surface area (Å²) < 4.78 is 6.00. The monoisotopic (exact) mass is 318 g/mol. The summed E-state index contributed by atoms with van der Waals surface area (Å²) in [7, 11) is 1.57. The SMILES string of the molecule is COc1ccc(N2Cc3cc(Br)ccc3C2=O)cn1. The highest BCUT2D eigenvalue weighted by atomic mass is 79.9. The smallest absolute Gasteiger partial charge is 0.258 e. The number of hydrogen-bond acceptors (Lipinski definition) is 3. The molecule has 1 aromatic carbocycles. The summed E-state index contributed by atoms with van der Waals surface area (Å²) in [6, 6.07) is 9.29. The van der Waals surface area contributed by atoms with E-state index < -0.39 is 0 Å². The molecule has 1 aliphatic heterocycles. The Morgan fingerprint density at radius 3 is 2.84 bits per heavy atom. The maximum atomic E-state index is 12.3. The zero-order valence-corrected chi connectivity index (χ0v) is 11.8. The number of amides is 1. The van der Waals surface area contributed by atoms with E-state index in [1.165, 1.54) is 0 Å². The van der Waals surface area contributed by atoms with Gasteiger partial charge in [-0.1, -0.05) is 15.9 Å². The van der Waals surface area contributed by atoms with Gasteiger partial charge in [0.2, 0.25) is 5.88 Å². The number of methoxy groups -OCH3 is 1. The number of carbonyl (C=O) groups is 1. The molecule has 0 radical (unpaired) electrons. The van der Waals surface area contributed by atoms with E-state index >= 15 is 0 Å². The fraction of sp³-hybridized carbons (Fsp3) is 0.143. The molecule has 0 atom stereocenters. The predicted octanol–water partition coefficient (Wildman–Crippen LogP) is 3.01. The van der Waals surface area contributed by atoms with Crippen LogP contribution in [0.3, 0.4) is 0 Å². The Hall–Kier alpha value is -1.88. The summed E-state index contributed by atoms with van der Waals surface area (Å²) in [4.78, 5) is 18.2. The van der Waals surface area contributed by atoms with Crippen LogP contribution in [0.25, 0.3) is 0 Å². The molecule has 0 N–H and O–H groups in total. The molecule has 4 nitrogen and oxygen atoms in total. The van der Waals surface area contributed by atoms with E-state index in [1.54, 1.807) is 24.3 Å². The third-order valence-electron chi connectivity index (χ3n) is 3.11. The predicted molar refractivity (Wildman–Crippen MR) is 75.4 cm³/mol. The topological polar surface area (TPSA) is 42.4 Å². The molecule has 19 heavy (non-hydrogen) atoms. The van der Waals surface area contributed by atoms with Gasteiger partial charge in [0.15, 0.2) is 0 Å². The number of fused-ring (bicyclic) bond motifs is 1. The lowest BCUT2D eigenvalue weighted by Crippen LogP contribution is -2.23. The largest absolute Gasteiger partial charge is 0.481 e. The van der Waals surface area contributed by atoms with Crippen molar-refractivity contribution in [1.82, 2.24) is 4.98 Å². The van der Waals surface area contributed by atoms with E-state index in [4.69, 9.17) is 4.74 Å². The molecule has 0 spiro atoms. The second-order valence-corrected chi connectivity index (χ2v) is 5.17. The second-order valence-electron chi connectivity index (χ2n) is 4.25. The number of anilines is 1. The van der Waals surface area contributed by atoms with E-state index in [2.05, 4.69) is 20.9 Å². The fourth-order valence-corrected chi connectivity index (χ4v) is 2.56. The van der Waals surface area contributed by atoms with Crippen molar-refractivity contribution in [2.75, 3.05) is 12.0 Å². The summed E-state index contributed by atoms with van der Waals surface area (Å²) in [5.74, 6) is 0.546. The Balaban J connectivity index is 1.94. The molecule has 0 unspecified atom stereocenters. The van der Waals surface area contributed by atoms with Crippen LogP contribution >= 0.6 is 15.9 Å². The van der Waals surface area contributed by atoms with Gasteiger partial charge >= 0.3 is 0 Å². The summed E-state index contributed by atoms with van der Waals surface area (Å²) >= 11 is 3.42. The van der Waals surface area contributed by atoms with Crippen LogP contribution in [0.2, 0.25) is 0 Å². The van der Waals surface area contributed by atoms with Crippen LogP contribution in [0.5, 0.6) is 5.88 Å². The summed E-state index contributed by atoms with van der Waals surface area (Å²) in [5, 5.41) is 0. The van der Waals surface area contributed by atoms with Gasteiger partial charge in [-0.2, -0.15) is 0 Å². The van der Waals surface area contributed by atoms with Gasteiger partial charge in [-0.05, 0) is 29.8 Å². The van der Waals surface area contributed by atoms with Gasteiger partial charge in [0.25, 0.3) is 5.91 Å². The number of benzene rings is 1. The van der Waals surface area contributed by atoms with Crippen molar-refractivity contribution >= 4 is 27.5 Å². The summed E-state index contributed by atoms with van der Waals surface area (Å²) in [6.07, 6.45) is 1.65. The van der Waals surface area contributed by atoms with Crippen molar-refractivity contribution in [2.45, 2.75) is 6.54 Å². The van der Waals surface area contributed by atoms with Crippen molar-refractivity contribution in [3.8, 4) is 5.88 Å². The molecule has 96 valence electrons. The number of aromatic nitrogens is 1.